The van der Waals surface area contributed by atoms with Crippen molar-refractivity contribution >= 4 is 34.2 Å². The summed E-state index contributed by atoms with van der Waals surface area (Å²) in [6.07, 6.45) is 0. The minimum absolute atomic E-state index is 0.0455. The normalized spacial score (nSPS) is 11.2. The standard InChI is InChI=1S/C16H15IN2O4/c1-9(12-5-4-11(20)8-14(12)21)18-19-16(22)10-3-6-15(23-2)13(17)7-10/h3-8,20-21H,1-2H3,(H,19,22). The summed E-state index contributed by atoms with van der Waals surface area (Å²) >= 11 is 2.08. The number of benzene rings is 2. The summed E-state index contributed by atoms with van der Waals surface area (Å²) in [5, 5.41) is 23.0. The van der Waals surface area contributed by atoms with E-state index in [0.717, 1.165) is 3.57 Å². The summed E-state index contributed by atoms with van der Waals surface area (Å²) < 4.78 is 5.96. The molecule has 2 aromatic rings. The van der Waals surface area contributed by atoms with Crippen molar-refractivity contribution in [2.75, 3.05) is 7.11 Å². The Labute approximate surface area is 146 Å². The highest BCUT2D eigenvalue weighted by molar-refractivity contribution is 14.1. The summed E-state index contributed by atoms with van der Waals surface area (Å²) in [4.78, 5) is 12.1. The van der Waals surface area contributed by atoms with Gasteiger partial charge in [-0.3, -0.25) is 4.79 Å². The Balaban J connectivity index is 2.15. The Morgan fingerprint density at radius 1 is 1.22 bits per heavy atom. The largest absolute Gasteiger partial charge is 0.508 e. The maximum atomic E-state index is 12.1. The van der Waals surface area contributed by atoms with Crippen molar-refractivity contribution in [3.63, 3.8) is 0 Å². The monoisotopic (exact) mass is 426 g/mol. The average molecular weight is 426 g/mol. The van der Waals surface area contributed by atoms with Gasteiger partial charge in [-0.15, -0.1) is 0 Å². The van der Waals surface area contributed by atoms with Crippen molar-refractivity contribution in [3.8, 4) is 17.2 Å². The molecule has 0 fully saturated rings. The zero-order valence-corrected chi connectivity index (χ0v) is 14.7. The second-order valence-corrected chi connectivity index (χ2v) is 5.85. The number of phenols is 2. The quantitative estimate of drug-likeness (QED) is 0.399. The van der Waals surface area contributed by atoms with Gasteiger partial charge < -0.3 is 14.9 Å². The van der Waals surface area contributed by atoms with E-state index >= 15 is 0 Å². The molecule has 0 unspecified atom stereocenters. The molecular formula is C16H15IN2O4. The molecule has 0 atom stereocenters. The fourth-order valence-corrected chi connectivity index (χ4v) is 2.63. The molecule has 120 valence electrons. The molecule has 0 saturated heterocycles. The first kappa shape index (κ1) is 17.1. The Morgan fingerprint density at radius 3 is 2.57 bits per heavy atom. The van der Waals surface area contributed by atoms with Gasteiger partial charge in [0.1, 0.15) is 17.2 Å². The number of amides is 1. The summed E-state index contributed by atoms with van der Waals surface area (Å²) in [6.45, 7) is 1.64. The van der Waals surface area contributed by atoms with Crippen LogP contribution in [-0.4, -0.2) is 28.9 Å². The van der Waals surface area contributed by atoms with Crippen LogP contribution in [0.15, 0.2) is 41.5 Å². The zero-order valence-electron chi connectivity index (χ0n) is 12.5. The van der Waals surface area contributed by atoms with E-state index < -0.39 is 0 Å². The summed E-state index contributed by atoms with van der Waals surface area (Å²) in [5.41, 5.74) is 3.72. The van der Waals surface area contributed by atoms with Gasteiger partial charge in [-0.1, -0.05) is 0 Å². The van der Waals surface area contributed by atoms with Crippen molar-refractivity contribution < 1.29 is 19.7 Å². The molecular weight excluding hydrogens is 411 g/mol. The van der Waals surface area contributed by atoms with E-state index in [-0.39, 0.29) is 17.4 Å². The highest BCUT2D eigenvalue weighted by atomic mass is 127. The highest BCUT2D eigenvalue weighted by Gasteiger charge is 2.10. The highest BCUT2D eigenvalue weighted by Crippen LogP contribution is 2.23. The fourth-order valence-electron chi connectivity index (χ4n) is 1.89. The number of rotatable bonds is 4. The topological polar surface area (TPSA) is 91.2 Å². The third-order valence-electron chi connectivity index (χ3n) is 3.11. The van der Waals surface area contributed by atoms with Crippen LogP contribution in [0.1, 0.15) is 22.8 Å². The van der Waals surface area contributed by atoms with Gasteiger partial charge in [0.05, 0.1) is 16.4 Å². The minimum Gasteiger partial charge on any atom is -0.508 e. The fraction of sp³-hybridized carbons (Fsp3) is 0.125. The molecule has 0 aliphatic carbocycles. The second-order valence-electron chi connectivity index (χ2n) is 4.69. The summed E-state index contributed by atoms with van der Waals surface area (Å²) in [6, 6.07) is 9.20. The molecule has 3 N–H and O–H groups in total. The SMILES string of the molecule is COc1ccc(C(=O)NN=C(C)c2ccc(O)cc2O)cc1I. The van der Waals surface area contributed by atoms with Gasteiger partial charge in [-0.2, -0.15) is 5.10 Å². The van der Waals surface area contributed by atoms with Crippen molar-refractivity contribution in [1.82, 2.24) is 5.43 Å². The van der Waals surface area contributed by atoms with Gasteiger partial charge in [0.25, 0.3) is 5.91 Å². The number of hydrazone groups is 1. The first-order chi connectivity index (χ1) is 10.9. The number of nitrogens with zero attached hydrogens (tertiary/aromatic N) is 1. The van der Waals surface area contributed by atoms with E-state index in [1.54, 1.807) is 32.2 Å². The number of phenolic OH excluding ortho intramolecular Hbond substituents is 2. The predicted molar refractivity (Wildman–Crippen MR) is 95.2 cm³/mol. The Kier molecular flexibility index (Phi) is 5.43. The summed E-state index contributed by atoms with van der Waals surface area (Å²) in [5.74, 6) is 0.162. The number of methoxy groups -OCH3 is 1. The van der Waals surface area contributed by atoms with Gasteiger partial charge in [-0.05, 0) is 59.8 Å². The lowest BCUT2D eigenvalue weighted by molar-refractivity contribution is 0.0954. The average Bonchev–Trinajstić information content (AvgIpc) is 2.52. The molecule has 0 aliphatic rings. The van der Waals surface area contributed by atoms with Crippen molar-refractivity contribution in [1.29, 1.82) is 0 Å². The van der Waals surface area contributed by atoms with Crippen LogP contribution in [0.5, 0.6) is 17.2 Å². The number of hydrogen-bond acceptors (Lipinski definition) is 5. The van der Waals surface area contributed by atoms with Gasteiger partial charge in [0.15, 0.2) is 0 Å². The smallest absolute Gasteiger partial charge is 0.271 e. The predicted octanol–water partition coefficient (Wildman–Crippen LogP) is 2.87. The van der Waals surface area contributed by atoms with E-state index in [4.69, 9.17) is 4.74 Å². The lowest BCUT2D eigenvalue weighted by Gasteiger charge is -2.07. The lowest BCUT2D eigenvalue weighted by atomic mass is 10.1. The van der Waals surface area contributed by atoms with Crippen molar-refractivity contribution in [2.45, 2.75) is 6.92 Å². The van der Waals surface area contributed by atoms with Crippen molar-refractivity contribution in [3.05, 3.63) is 51.1 Å². The number of hydrogen-bond donors (Lipinski definition) is 3. The second kappa shape index (κ2) is 7.32. The molecule has 0 spiro atoms. The van der Waals surface area contributed by atoms with Crippen LogP contribution in [0.3, 0.4) is 0 Å². The molecule has 23 heavy (non-hydrogen) atoms. The number of ether oxygens (including phenoxy) is 1. The molecule has 0 heterocycles. The molecule has 2 aromatic carbocycles. The third kappa shape index (κ3) is 4.13. The van der Waals surface area contributed by atoms with E-state index in [0.29, 0.717) is 22.6 Å². The van der Waals surface area contributed by atoms with Crippen LogP contribution in [-0.2, 0) is 0 Å². The van der Waals surface area contributed by atoms with Crippen LogP contribution in [0.25, 0.3) is 0 Å². The molecule has 7 heteroatoms. The van der Waals surface area contributed by atoms with Crippen LogP contribution in [0.2, 0.25) is 0 Å². The number of halogens is 1. The lowest BCUT2D eigenvalue weighted by Crippen LogP contribution is -2.19. The Bertz CT molecular complexity index is 775. The molecule has 2 rings (SSSR count). The van der Waals surface area contributed by atoms with Crippen LogP contribution < -0.4 is 10.2 Å². The zero-order chi connectivity index (χ0) is 17.0. The Morgan fingerprint density at radius 2 is 1.96 bits per heavy atom. The van der Waals surface area contributed by atoms with E-state index in [1.165, 1.54) is 18.2 Å². The molecule has 6 nitrogen and oxygen atoms in total. The summed E-state index contributed by atoms with van der Waals surface area (Å²) in [7, 11) is 1.56. The molecule has 0 radical (unpaired) electrons. The number of aromatic hydroxyl groups is 2. The maximum absolute atomic E-state index is 12.1. The third-order valence-corrected chi connectivity index (χ3v) is 3.95. The Hall–Kier alpha value is -2.29. The van der Waals surface area contributed by atoms with Gasteiger partial charge in [-0.25, -0.2) is 5.43 Å². The van der Waals surface area contributed by atoms with Crippen LogP contribution in [0.4, 0.5) is 0 Å². The maximum Gasteiger partial charge on any atom is 0.271 e. The molecule has 0 aromatic heterocycles. The minimum atomic E-state index is -0.372. The first-order valence-electron chi connectivity index (χ1n) is 6.63. The molecule has 0 saturated carbocycles. The van der Waals surface area contributed by atoms with E-state index in [1.807, 2.05) is 0 Å². The van der Waals surface area contributed by atoms with Crippen LogP contribution >= 0.6 is 22.6 Å². The van der Waals surface area contributed by atoms with E-state index in [2.05, 4.69) is 33.1 Å². The number of carbonyl (C=O) groups is 1. The molecule has 0 aliphatic heterocycles. The molecule has 0 bridgehead atoms. The molecule has 1 amide bonds. The van der Waals surface area contributed by atoms with Gasteiger partial charge in [0.2, 0.25) is 0 Å². The van der Waals surface area contributed by atoms with Gasteiger partial charge >= 0.3 is 0 Å². The number of carbonyl (C=O) groups excluding carboxylic acids is 1. The van der Waals surface area contributed by atoms with Crippen LogP contribution in [0, 0.1) is 3.57 Å². The number of nitrogens with one attached hydrogen (secondary N) is 1. The van der Waals surface area contributed by atoms with Crippen molar-refractivity contribution in [2.24, 2.45) is 5.10 Å². The van der Waals surface area contributed by atoms with Gasteiger partial charge in [0, 0.05) is 17.2 Å². The van der Waals surface area contributed by atoms with E-state index in [9.17, 15) is 15.0 Å². The first-order valence-corrected chi connectivity index (χ1v) is 7.70.